The van der Waals surface area contributed by atoms with Crippen molar-refractivity contribution in [2.75, 3.05) is 19.6 Å². The number of sulfonamides is 1. The summed E-state index contributed by atoms with van der Waals surface area (Å²) in [6.07, 6.45) is 3.55. The second kappa shape index (κ2) is 6.43. The molecule has 1 aromatic heterocycles. The summed E-state index contributed by atoms with van der Waals surface area (Å²) in [6, 6.07) is 7.36. The van der Waals surface area contributed by atoms with E-state index in [1.165, 1.54) is 0 Å². The molecule has 0 radical (unpaired) electrons. The molecule has 1 saturated heterocycles. The Morgan fingerprint density at radius 2 is 2.13 bits per heavy atom. The number of aromatic nitrogens is 2. The fourth-order valence-corrected chi connectivity index (χ4v) is 4.80. The van der Waals surface area contributed by atoms with Crippen molar-refractivity contribution in [1.82, 2.24) is 19.2 Å². The molecule has 1 aliphatic heterocycles. The Labute approximate surface area is 137 Å². The van der Waals surface area contributed by atoms with Gasteiger partial charge in [-0.15, -0.1) is 0 Å². The van der Waals surface area contributed by atoms with Gasteiger partial charge >= 0.3 is 0 Å². The Kier molecular flexibility index (Phi) is 4.52. The van der Waals surface area contributed by atoms with Crippen LogP contribution in [-0.2, 0) is 22.8 Å². The highest BCUT2D eigenvalue weighted by Crippen LogP contribution is 2.26. The lowest BCUT2D eigenvalue weighted by Crippen LogP contribution is -2.49. The molecule has 2 heterocycles. The molecule has 3 rings (SSSR count). The van der Waals surface area contributed by atoms with Crippen molar-refractivity contribution in [3.8, 4) is 0 Å². The molecule has 2 aromatic rings. The van der Waals surface area contributed by atoms with E-state index in [0.29, 0.717) is 19.6 Å². The third kappa shape index (κ3) is 3.31. The maximum Gasteiger partial charge on any atom is 0.219 e. The second-order valence-corrected chi connectivity index (χ2v) is 7.83. The number of piperazine rings is 1. The fraction of sp³-hybridized carbons (Fsp3) is 0.438. The average Bonchev–Trinajstić information content (AvgIpc) is 2.95. The molecule has 6 nitrogen and oxygen atoms in total. The Hall–Kier alpha value is -1.70. The SMILES string of the molecule is Cc1ccccc1CS(=O)(=O)N1CCNCC1c1nccn1C. The van der Waals surface area contributed by atoms with E-state index < -0.39 is 10.0 Å². The van der Waals surface area contributed by atoms with Gasteiger partial charge in [0.2, 0.25) is 10.0 Å². The Bertz CT molecular complexity index is 785. The molecule has 0 bridgehead atoms. The molecule has 0 saturated carbocycles. The molecule has 0 aliphatic carbocycles. The van der Waals surface area contributed by atoms with Crippen LogP contribution in [0.3, 0.4) is 0 Å². The van der Waals surface area contributed by atoms with Crippen LogP contribution in [0.15, 0.2) is 36.7 Å². The molecule has 23 heavy (non-hydrogen) atoms. The molecule has 0 amide bonds. The largest absolute Gasteiger partial charge is 0.337 e. The van der Waals surface area contributed by atoms with Gasteiger partial charge in [0, 0.05) is 39.1 Å². The van der Waals surface area contributed by atoms with E-state index in [1.54, 1.807) is 10.5 Å². The number of hydrogen-bond donors (Lipinski definition) is 1. The fourth-order valence-electron chi connectivity index (χ4n) is 2.99. The van der Waals surface area contributed by atoms with Crippen LogP contribution < -0.4 is 5.32 Å². The number of nitrogens with zero attached hydrogens (tertiary/aromatic N) is 3. The van der Waals surface area contributed by atoms with Crippen molar-refractivity contribution in [1.29, 1.82) is 0 Å². The van der Waals surface area contributed by atoms with Crippen molar-refractivity contribution in [3.05, 3.63) is 53.6 Å². The summed E-state index contributed by atoms with van der Waals surface area (Å²) in [7, 11) is -1.52. The summed E-state index contributed by atoms with van der Waals surface area (Å²) in [6.45, 7) is 3.65. The van der Waals surface area contributed by atoms with Gasteiger partial charge in [-0.3, -0.25) is 0 Å². The van der Waals surface area contributed by atoms with Crippen molar-refractivity contribution < 1.29 is 8.42 Å². The number of hydrogen-bond acceptors (Lipinski definition) is 4. The quantitative estimate of drug-likeness (QED) is 0.912. The highest BCUT2D eigenvalue weighted by atomic mass is 32.2. The van der Waals surface area contributed by atoms with E-state index >= 15 is 0 Å². The van der Waals surface area contributed by atoms with Gasteiger partial charge in [-0.2, -0.15) is 4.31 Å². The van der Waals surface area contributed by atoms with Crippen molar-refractivity contribution in [3.63, 3.8) is 0 Å². The van der Waals surface area contributed by atoms with Crippen LogP contribution in [-0.4, -0.2) is 41.9 Å². The summed E-state index contributed by atoms with van der Waals surface area (Å²) in [5, 5.41) is 3.27. The van der Waals surface area contributed by atoms with E-state index in [2.05, 4.69) is 10.3 Å². The second-order valence-electron chi connectivity index (χ2n) is 5.91. The minimum absolute atomic E-state index is 0.0284. The van der Waals surface area contributed by atoms with Crippen molar-refractivity contribution >= 4 is 10.0 Å². The third-order valence-corrected chi connectivity index (χ3v) is 6.13. The number of rotatable bonds is 4. The molecule has 1 unspecified atom stereocenters. The van der Waals surface area contributed by atoms with Gasteiger partial charge in [0.05, 0.1) is 11.8 Å². The van der Waals surface area contributed by atoms with Gasteiger partial charge in [0.15, 0.2) is 0 Å². The first-order chi connectivity index (χ1) is 11.0. The van der Waals surface area contributed by atoms with Crippen molar-refractivity contribution in [2.24, 2.45) is 7.05 Å². The van der Waals surface area contributed by atoms with Crippen LogP contribution in [0.1, 0.15) is 23.0 Å². The highest BCUT2D eigenvalue weighted by Gasteiger charge is 2.35. The summed E-state index contributed by atoms with van der Waals surface area (Å²) in [5.41, 5.74) is 1.85. The lowest BCUT2D eigenvalue weighted by Gasteiger charge is -2.34. The van der Waals surface area contributed by atoms with E-state index in [9.17, 15) is 8.42 Å². The van der Waals surface area contributed by atoms with E-state index in [4.69, 9.17) is 0 Å². The topological polar surface area (TPSA) is 67.2 Å². The summed E-state index contributed by atoms with van der Waals surface area (Å²) in [4.78, 5) is 4.34. The lowest BCUT2D eigenvalue weighted by molar-refractivity contribution is 0.258. The van der Waals surface area contributed by atoms with Crippen LogP contribution in [0.25, 0.3) is 0 Å². The van der Waals surface area contributed by atoms with Gasteiger partial charge in [0.25, 0.3) is 0 Å². The van der Waals surface area contributed by atoms with E-state index in [-0.39, 0.29) is 11.8 Å². The molecule has 124 valence electrons. The molecule has 1 aliphatic rings. The zero-order chi connectivity index (χ0) is 16.4. The Balaban J connectivity index is 1.90. The van der Waals surface area contributed by atoms with Gasteiger partial charge < -0.3 is 9.88 Å². The van der Waals surface area contributed by atoms with Crippen molar-refractivity contribution in [2.45, 2.75) is 18.7 Å². The standard InChI is InChI=1S/C16H22N4O2S/c1-13-5-3-4-6-14(13)12-23(21,22)20-10-7-17-11-15(20)16-18-8-9-19(16)2/h3-6,8-9,15,17H,7,10-12H2,1-2H3. The molecular weight excluding hydrogens is 312 g/mol. The zero-order valence-corrected chi connectivity index (χ0v) is 14.3. The average molecular weight is 334 g/mol. The van der Waals surface area contributed by atoms with Crippen LogP contribution in [0.5, 0.6) is 0 Å². The van der Waals surface area contributed by atoms with Crippen LogP contribution in [0, 0.1) is 6.92 Å². The smallest absolute Gasteiger partial charge is 0.219 e. The minimum atomic E-state index is -3.41. The highest BCUT2D eigenvalue weighted by molar-refractivity contribution is 7.88. The Morgan fingerprint density at radius 1 is 1.35 bits per heavy atom. The summed E-state index contributed by atoms with van der Waals surface area (Å²) in [5.74, 6) is 0.797. The molecule has 1 aromatic carbocycles. The lowest BCUT2D eigenvalue weighted by atomic mass is 10.1. The minimum Gasteiger partial charge on any atom is -0.337 e. The Morgan fingerprint density at radius 3 is 2.83 bits per heavy atom. The predicted octanol–water partition coefficient (Wildman–Crippen LogP) is 1.20. The first-order valence-corrected chi connectivity index (χ1v) is 9.32. The first-order valence-electron chi connectivity index (χ1n) is 7.71. The van der Waals surface area contributed by atoms with Gasteiger partial charge in [-0.05, 0) is 18.1 Å². The maximum absolute atomic E-state index is 13.0. The maximum atomic E-state index is 13.0. The molecular formula is C16H22N4O2S. The monoisotopic (exact) mass is 334 g/mol. The van der Waals surface area contributed by atoms with Gasteiger partial charge in [-0.1, -0.05) is 24.3 Å². The van der Waals surface area contributed by atoms with Gasteiger partial charge in [0.1, 0.15) is 5.82 Å². The molecule has 7 heteroatoms. The summed E-state index contributed by atoms with van der Waals surface area (Å²) < 4.78 is 29.4. The predicted molar refractivity (Wildman–Crippen MR) is 89.3 cm³/mol. The molecule has 1 fully saturated rings. The van der Waals surface area contributed by atoms with Crippen LogP contribution in [0.4, 0.5) is 0 Å². The first kappa shape index (κ1) is 16.2. The normalized spacial score (nSPS) is 19.8. The number of nitrogens with one attached hydrogen (secondary N) is 1. The molecule has 1 atom stereocenters. The number of benzene rings is 1. The van der Waals surface area contributed by atoms with Crippen LogP contribution >= 0.6 is 0 Å². The van der Waals surface area contributed by atoms with Crippen LogP contribution in [0.2, 0.25) is 0 Å². The number of aryl methyl sites for hydroxylation is 2. The van der Waals surface area contributed by atoms with Gasteiger partial charge in [-0.25, -0.2) is 13.4 Å². The molecule has 0 spiro atoms. The van der Waals surface area contributed by atoms with E-state index in [1.807, 2.05) is 49.0 Å². The third-order valence-electron chi connectivity index (χ3n) is 4.31. The van der Waals surface area contributed by atoms with E-state index in [0.717, 1.165) is 17.0 Å². The zero-order valence-electron chi connectivity index (χ0n) is 13.4. The number of imidazole rings is 1. The summed E-state index contributed by atoms with van der Waals surface area (Å²) >= 11 is 0. The molecule has 1 N–H and O–H groups in total.